The van der Waals surface area contributed by atoms with Crippen LogP contribution in [-0.4, -0.2) is 18.6 Å². The number of nitrogens with zero attached hydrogens (tertiary/aromatic N) is 1. The third kappa shape index (κ3) is 3.62. The molecule has 0 fully saturated rings. The second-order valence-electron chi connectivity index (χ2n) is 4.72. The SMILES string of the molecule is NS(=O)(=O)C1=CC(F)=CC(Cl)(c2n[nH]c(C(F)(F)F)cc2=O)C1. The van der Waals surface area contributed by atoms with Gasteiger partial charge < -0.3 is 0 Å². The highest BCUT2D eigenvalue weighted by Crippen LogP contribution is 2.40. The zero-order chi connectivity index (χ0) is 17.6. The minimum absolute atomic E-state index is 0.202. The van der Waals surface area contributed by atoms with Crippen LogP contribution >= 0.6 is 11.6 Å². The summed E-state index contributed by atoms with van der Waals surface area (Å²) in [5.41, 5.74) is -3.34. The zero-order valence-corrected chi connectivity index (χ0v) is 12.6. The summed E-state index contributed by atoms with van der Waals surface area (Å²) in [7, 11) is -4.31. The molecule has 6 nitrogen and oxygen atoms in total. The molecule has 1 atom stereocenters. The molecule has 1 aliphatic rings. The van der Waals surface area contributed by atoms with E-state index in [0.29, 0.717) is 12.2 Å². The summed E-state index contributed by atoms with van der Waals surface area (Å²) in [4.78, 5) is 9.13. The first kappa shape index (κ1) is 17.6. The Kier molecular flexibility index (Phi) is 4.16. The van der Waals surface area contributed by atoms with Gasteiger partial charge in [-0.3, -0.25) is 9.89 Å². The number of nitrogens with one attached hydrogen (secondary N) is 1. The molecular weight excluding hydrogens is 366 g/mol. The quantitative estimate of drug-likeness (QED) is 0.607. The maximum absolute atomic E-state index is 13.6. The minimum Gasteiger partial charge on any atom is -0.288 e. The predicted molar refractivity (Wildman–Crippen MR) is 72.4 cm³/mol. The van der Waals surface area contributed by atoms with Crippen LogP contribution in [0.15, 0.2) is 33.7 Å². The second-order valence-corrected chi connectivity index (χ2v) is 7.01. The lowest BCUT2D eigenvalue weighted by atomic mass is 9.94. The van der Waals surface area contributed by atoms with Crippen molar-refractivity contribution in [3.8, 4) is 0 Å². The third-order valence-corrected chi connectivity index (χ3v) is 4.37. The molecule has 1 heterocycles. The van der Waals surface area contributed by atoms with Crippen molar-refractivity contribution in [3.05, 3.63) is 50.6 Å². The van der Waals surface area contributed by atoms with Crippen molar-refractivity contribution >= 4 is 21.6 Å². The molecule has 0 amide bonds. The fourth-order valence-electron chi connectivity index (χ4n) is 1.95. The average molecular weight is 374 g/mol. The van der Waals surface area contributed by atoms with Crippen molar-refractivity contribution < 1.29 is 26.0 Å². The van der Waals surface area contributed by atoms with E-state index in [4.69, 9.17) is 16.7 Å². The Bertz CT molecular complexity index is 875. The molecule has 0 aliphatic heterocycles. The van der Waals surface area contributed by atoms with Gasteiger partial charge in [-0.2, -0.15) is 18.3 Å². The van der Waals surface area contributed by atoms with Gasteiger partial charge in [0.1, 0.15) is 22.1 Å². The molecule has 0 bridgehead atoms. The van der Waals surface area contributed by atoms with Crippen LogP contribution in [0.2, 0.25) is 0 Å². The number of aromatic nitrogens is 2. The van der Waals surface area contributed by atoms with Crippen molar-refractivity contribution in [2.45, 2.75) is 17.5 Å². The number of rotatable bonds is 2. The van der Waals surface area contributed by atoms with Gasteiger partial charge >= 0.3 is 6.18 Å². The first-order chi connectivity index (χ1) is 10.3. The molecule has 2 rings (SSSR count). The number of H-pyrrole nitrogens is 1. The maximum atomic E-state index is 13.6. The summed E-state index contributed by atoms with van der Waals surface area (Å²) >= 11 is 6.03. The molecule has 1 unspecified atom stereocenters. The van der Waals surface area contributed by atoms with Gasteiger partial charge in [0.05, 0.1) is 4.91 Å². The van der Waals surface area contributed by atoms with Gasteiger partial charge in [-0.25, -0.2) is 17.9 Å². The molecule has 12 heteroatoms. The number of alkyl halides is 4. The van der Waals surface area contributed by atoms with Gasteiger partial charge in [-0.05, 0) is 12.2 Å². The average Bonchev–Trinajstić information content (AvgIpc) is 2.35. The highest BCUT2D eigenvalue weighted by molar-refractivity contribution is 7.93. The van der Waals surface area contributed by atoms with Crippen LogP contribution in [0.5, 0.6) is 0 Å². The van der Waals surface area contributed by atoms with Crippen LogP contribution in [0.3, 0.4) is 0 Å². The first-order valence-electron chi connectivity index (χ1n) is 5.81. The Balaban J connectivity index is 2.55. The Hall–Kier alpha value is -1.72. The molecule has 1 aromatic rings. The van der Waals surface area contributed by atoms with E-state index in [1.807, 2.05) is 0 Å². The smallest absolute Gasteiger partial charge is 0.288 e. The standard InChI is InChI=1S/C11H8ClF4N3O3S/c12-10(3-5(13)1-6(4-10)23(17,21)22)9-7(20)2-8(18-19-9)11(14,15)16/h1-3H,4H2,(H,18,20)(H2,17,21,22). The molecule has 0 saturated heterocycles. The Morgan fingerprint density at radius 1 is 1.39 bits per heavy atom. The van der Waals surface area contributed by atoms with Crippen LogP contribution in [0.1, 0.15) is 17.8 Å². The normalized spacial score (nSPS) is 22.5. The highest BCUT2D eigenvalue weighted by atomic mass is 35.5. The van der Waals surface area contributed by atoms with Crippen molar-refractivity contribution in [1.82, 2.24) is 10.2 Å². The van der Waals surface area contributed by atoms with E-state index in [1.54, 1.807) is 5.10 Å². The van der Waals surface area contributed by atoms with E-state index in [2.05, 4.69) is 5.10 Å². The number of allylic oxidation sites excluding steroid dienone is 4. The molecule has 0 saturated carbocycles. The molecule has 0 radical (unpaired) electrons. The summed E-state index contributed by atoms with van der Waals surface area (Å²) in [5, 5.41) is 9.71. The molecule has 1 aliphatic carbocycles. The van der Waals surface area contributed by atoms with E-state index >= 15 is 0 Å². The van der Waals surface area contributed by atoms with E-state index in [9.17, 15) is 30.8 Å². The summed E-state index contributed by atoms with van der Waals surface area (Å²) in [6.07, 6.45) is -4.20. The lowest BCUT2D eigenvalue weighted by Crippen LogP contribution is -2.32. The van der Waals surface area contributed by atoms with Gasteiger partial charge in [0.15, 0.2) is 0 Å². The molecule has 0 spiro atoms. The van der Waals surface area contributed by atoms with Crippen molar-refractivity contribution in [1.29, 1.82) is 0 Å². The van der Waals surface area contributed by atoms with Gasteiger partial charge in [-0.1, -0.05) is 0 Å². The molecule has 3 N–H and O–H groups in total. The van der Waals surface area contributed by atoms with Crippen molar-refractivity contribution in [2.75, 3.05) is 0 Å². The summed E-state index contributed by atoms with van der Waals surface area (Å²) in [5.74, 6) is -1.11. The lowest BCUT2D eigenvalue weighted by Gasteiger charge is -2.25. The summed E-state index contributed by atoms with van der Waals surface area (Å²) in [6.45, 7) is 0. The molecule has 0 aromatic carbocycles. The second kappa shape index (κ2) is 5.42. The predicted octanol–water partition coefficient (Wildman–Crippen LogP) is 1.65. The van der Waals surface area contributed by atoms with Crippen LogP contribution < -0.4 is 10.6 Å². The number of sulfonamides is 1. The third-order valence-electron chi connectivity index (χ3n) is 2.96. The topological polar surface area (TPSA) is 106 Å². The largest absolute Gasteiger partial charge is 0.432 e. The van der Waals surface area contributed by atoms with Crippen LogP contribution in [0.25, 0.3) is 0 Å². The van der Waals surface area contributed by atoms with Gasteiger partial charge in [-0.15, -0.1) is 11.6 Å². The highest BCUT2D eigenvalue weighted by Gasteiger charge is 2.40. The fraction of sp³-hybridized carbons (Fsp3) is 0.273. The molecule has 1 aromatic heterocycles. The number of nitrogens with two attached hydrogens (primary N) is 1. The summed E-state index contributed by atoms with van der Waals surface area (Å²) in [6, 6.07) is 0.202. The van der Waals surface area contributed by atoms with E-state index in [0.717, 1.165) is 0 Å². The van der Waals surface area contributed by atoms with Crippen LogP contribution in [0, 0.1) is 0 Å². The fourth-order valence-corrected chi connectivity index (χ4v) is 3.12. The Labute approximate surface area is 131 Å². The maximum Gasteiger partial charge on any atom is 0.432 e. The molecule has 23 heavy (non-hydrogen) atoms. The van der Waals surface area contributed by atoms with Crippen LogP contribution in [-0.2, 0) is 21.1 Å². The number of hydrogen-bond donors (Lipinski definition) is 2. The number of halogens is 5. The lowest BCUT2D eigenvalue weighted by molar-refractivity contribution is -0.141. The minimum atomic E-state index is -4.84. The van der Waals surface area contributed by atoms with Gasteiger partial charge in [0, 0.05) is 12.5 Å². The molecule has 126 valence electrons. The first-order valence-corrected chi connectivity index (χ1v) is 7.73. The molecular formula is C11H8ClF4N3O3S. The van der Waals surface area contributed by atoms with E-state index in [-0.39, 0.29) is 6.07 Å². The zero-order valence-electron chi connectivity index (χ0n) is 11.0. The Morgan fingerprint density at radius 2 is 2.00 bits per heavy atom. The monoisotopic (exact) mass is 373 g/mol. The van der Waals surface area contributed by atoms with Crippen molar-refractivity contribution in [2.24, 2.45) is 5.14 Å². The summed E-state index contributed by atoms with van der Waals surface area (Å²) < 4.78 is 73.7. The number of hydrogen-bond acceptors (Lipinski definition) is 4. The number of aromatic amines is 1. The van der Waals surface area contributed by atoms with Crippen LogP contribution in [0.4, 0.5) is 17.6 Å². The van der Waals surface area contributed by atoms with Gasteiger partial charge in [0.2, 0.25) is 15.5 Å². The van der Waals surface area contributed by atoms with Crippen molar-refractivity contribution in [3.63, 3.8) is 0 Å². The number of primary sulfonamides is 1. The van der Waals surface area contributed by atoms with Gasteiger partial charge in [0.25, 0.3) is 0 Å². The van der Waals surface area contributed by atoms with E-state index in [1.165, 1.54) is 0 Å². The Morgan fingerprint density at radius 3 is 2.48 bits per heavy atom. The van der Waals surface area contributed by atoms with E-state index < -0.39 is 55.0 Å².